The fraction of sp³-hybridized carbons (Fsp3) is 0.417. The van der Waals surface area contributed by atoms with E-state index in [0.717, 1.165) is 16.8 Å². The van der Waals surface area contributed by atoms with Gasteiger partial charge in [0.05, 0.1) is 10.7 Å². The third-order valence-corrected chi connectivity index (χ3v) is 4.18. The molecule has 0 spiro atoms. The van der Waals surface area contributed by atoms with E-state index in [1.54, 1.807) is 12.1 Å². The Morgan fingerprint density at radius 3 is 2.35 bits per heavy atom. The number of likely N-dealkylation sites (N-methyl/N-ethyl adjacent to an activating group) is 1. The average Bonchev–Trinajstić information content (AvgIpc) is 3.22. The first-order valence-electron chi connectivity index (χ1n) is 10.7. The van der Waals surface area contributed by atoms with Crippen LogP contribution >= 0.6 is 11.6 Å². The standard InChI is InChI=1S/C12H8ClF3N2O2.C8H16N2.C4H10/c13-8-3-1-2-4-9(8)18-11(20-6-5-19)7-10(17-18)12(14,15)16;1-8(7-9-2)5-6-10(3)4;1-3-4-2/h1-5,7H,6H2;5-6,9H,1,7H2,2-4H3;3-4H2,1-2H3/b;6-5-;. The van der Waals surface area contributed by atoms with E-state index in [0.29, 0.717) is 12.4 Å². The molecule has 0 unspecified atom stereocenters. The average molecular weight is 503 g/mol. The fourth-order valence-corrected chi connectivity index (χ4v) is 2.28. The van der Waals surface area contributed by atoms with Crippen LogP contribution in [0.15, 0.2) is 54.8 Å². The molecule has 0 radical (unpaired) electrons. The molecule has 0 atom stereocenters. The van der Waals surface area contributed by atoms with Crippen LogP contribution in [0.4, 0.5) is 13.2 Å². The van der Waals surface area contributed by atoms with Crippen LogP contribution in [0.3, 0.4) is 0 Å². The van der Waals surface area contributed by atoms with E-state index in [1.807, 2.05) is 38.3 Å². The molecule has 0 saturated carbocycles. The second-order valence-corrected chi connectivity index (χ2v) is 7.58. The molecule has 190 valence electrons. The van der Waals surface area contributed by atoms with Gasteiger partial charge in [0, 0.05) is 26.7 Å². The maximum atomic E-state index is 12.7. The quantitative estimate of drug-likeness (QED) is 0.348. The summed E-state index contributed by atoms with van der Waals surface area (Å²) in [4.78, 5) is 12.3. The Morgan fingerprint density at radius 2 is 1.88 bits per heavy atom. The van der Waals surface area contributed by atoms with Crippen LogP contribution in [0.25, 0.3) is 5.69 Å². The van der Waals surface area contributed by atoms with E-state index < -0.39 is 11.9 Å². The Labute approximate surface area is 205 Å². The van der Waals surface area contributed by atoms with Gasteiger partial charge in [0.25, 0.3) is 0 Å². The van der Waals surface area contributed by atoms with Gasteiger partial charge in [-0.3, -0.25) is 4.79 Å². The number of ether oxygens (including phenoxy) is 1. The number of para-hydroxylation sites is 1. The normalized spacial score (nSPS) is 10.6. The molecular formula is C24H34ClF3N4O2. The zero-order chi connectivity index (χ0) is 26.1. The summed E-state index contributed by atoms with van der Waals surface area (Å²) in [6.07, 6.45) is 2.43. The number of hydrogen-bond donors (Lipinski definition) is 1. The number of carbonyl (C=O) groups is 1. The van der Waals surface area contributed by atoms with Crippen LogP contribution in [0.2, 0.25) is 5.02 Å². The van der Waals surface area contributed by atoms with Crippen LogP contribution in [0.1, 0.15) is 32.4 Å². The van der Waals surface area contributed by atoms with E-state index in [4.69, 9.17) is 16.3 Å². The number of nitrogens with zero attached hydrogens (tertiary/aromatic N) is 3. The Bertz CT molecular complexity index is 895. The molecule has 34 heavy (non-hydrogen) atoms. The van der Waals surface area contributed by atoms with Gasteiger partial charge in [0.1, 0.15) is 6.61 Å². The maximum Gasteiger partial charge on any atom is 0.435 e. The van der Waals surface area contributed by atoms with Gasteiger partial charge in [-0.15, -0.1) is 0 Å². The van der Waals surface area contributed by atoms with Crippen LogP contribution in [-0.4, -0.2) is 55.3 Å². The summed E-state index contributed by atoms with van der Waals surface area (Å²) in [5, 5.41) is 6.66. The van der Waals surface area contributed by atoms with Gasteiger partial charge in [-0.05, 0) is 37.0 Å². The first-order valence-corrected chi connectivity index (χ1v) is 11.0. The van der Waals surface area contributed by atoms with Gasteiger partial charge in [-0.25, -0.2) is 0 Å². The smallest absolute Gasteiger partial charge is 0.435 e. The summed E-state index contributed by atoms with van der Waals surface area (Å²) in [7, 11) is 5.89. The van der Waals surface area contributed by atoms with Gasteiger partial charge in [-0.1, -0.05) is 57.0 Å². The molecule has 0 aliphatic carbocycles. The van der Waals surface area contributed by atoms with E-state index in [1.165, 1.54) is 25.0 Å². The number of nitrogens with one attached hydrogen (secondary N) is 1. The molecule has 1 aromatic heterocycles. The third kappa shape index (κ3) is 12.5. The second kappa shape index (κ2) is 16.8. The number of benzene rings is 1. The minimum atomic E-state index is -4.62. The van der Waals surface area contributed by atoms with Gasteiger partial charge < -0.3 is 15.0 Å². The van der Waals surface area contributed by atoms with Crippen LogP contribution in [0, 0.1) is 0 Å². The molecule has 2 rings (SSSR count). The monoisotopic (exact) mass is 502 g/mol. The maximum absolute atomic E-state index is 12.7. The van der Waals surface area contributed by atoms with Crippen molar-refractivity contribution in [3.8, 4) is 11.6 Å². The SMILES string of the molecule is C=C(/C=C\N(C)C)CNC.CCCC.O=CCOc1cc(C(F)(F)F)nn1-c1ccccc1Cl. The molecule has 0 saturated heterocycles. The second-order valence-electron chi connectivity index (χ2n) is 7.17. The summed E-state index contributed by atoms with van der Waals surface area (Å²) in [5.41, 5.74) is 0.195. The number of rotatable bonds is 9. The highest BCUT2D eigenvalue weighted by molar-refractivity contribution is 6.32. The van der Waals surface area contributed by atoms with E-state index in [2.05, 4.69) is 30.8 Å². The van der Waals surface area contributed by atoms with Crippen LogP contribution < -0.4 is 10.1 Å². The number of aromatic nitrogens is 2. The Kier molecular flexibility index (Phi) is 15.4. The van der Waals surface area contributed by atoms with Gasteiger partial charge in [0.2, 0.25) is 5.88 Å². The van der Waals surface area contributed by atoms with Gasteiger partial charge in [-0.2, -0.15) is 23.0 Å². The predicted octanol–water partition coefficient (Wildman–Crippen LogP) is 5.77. The molecule has 1 N–H and O–H groups in total. The highest BCUT2D eigenvalue weighted by Gasteiger charge is 2.35. The third-order valence-electron chi connectivity index (χ3n) is 3.86. The van der Waals surface area contributed by atoms with Crippen molar-refractivity contribution in [1.29, 1.82) is 0 Å². The Morgan fingerprint density at radius 1 is 1.26 bits per heavy atom. The van der Waals surface area contributed by atoms with Crippen molar-refractivity contribution >= 4 is 17.9 Å². The first-order chi connectivity index (χ1) is 16.0. The van der Waals surface area contributed by atoms with Crippen molar-refractivity contribution in [1.82, 2.24) is 20.0 Å². The van der Waals surface area contributed by atoms with Crippen molar-refractivity contribution in [3.05, 3.63) is 65.5 Å². The number of unbranched alkanes of at least 4 members (excludes halogenated alkanes) is 1. The lowest BCUT2D eigenvalue weighted by atomic mass is 10.3. The lowest BCUT2D eigenvalue weighted by Crippen LogP contribution is -2.09. The summed E-state index contributed by atoms with van der Waals surface area (Å²) in [6, 6.07) is 6.94. The number of aldehydes is 1. The lowest BCUT2D eigenvalue weighted by Gasteiger charge is -2.08. The summed E-state index contributed by atoms with van der Waals surface area (Å²) in [5.74, 6) is -0.211. The first kappa shape index (κ1) is 31.2. The number of alkyl halides is 3. The minimum Gasteiger partial charge on any atom is -0.470 e. The number of carbonyl (C=O) groups excluding carboxylic acids is 1. The van der Waals surface area contributed by atoms with Crippen LogP contribution in [0.5, 0.6) is 5.88 Å². The van der Waals surface area contributed by atoms with Crippen molar-refractivity contribution in [2.75, 3.05) is 34.3 Å². The molecule has 1 heterocycles. The summed E-state index contributed by atoms with van der Waals surface area (Å²) < 4.78 is 43.9. The van der Waals surface area contributed by atoms with Crippen molar-refractivity contribution in [2.24, 2.45) is 0 Å². The topological polar surface area (TPSA) is 59.4 Å². The molecule has 1 aromatic carbocycles. The Hall–Kier alpha value is -2.78. The van der Waals surface area contributed by atoms with Crippen LogP contribution in [-0.2, 0) is 11.0 Å². The largest absolute Gasteiger partial charge is 0.470 e. The van der Waals surface area contributed by atoms with E-state index >= 15 is 0 Å². The molecule has 0 aliphatic rings. The van der Waals surface area contributed by atoms with E-state index in [9.17, 15) is 18.0 Å². The summed E-state index contributed by atoms with van der Waals surface area (Å²) >= 11 is 5.92. The predicted molar refractivity (Wildman–Crippen MR) is 132 cm³/mol. The molecule has 6 nitrogen and oxygen atoms in total. The Balaban J connectivity index is 0.000000652. The number of hydrogen-bond acceptors (Lipinski definition) is 5. The molecule has 0 amide bonds. The van der Waals surface area contributed by atoms with Crippen molar-refractivity contribution < 1.29 is 22.7 Å². The minimum absolute atomic E-state index is 0.209. The summed E-state index contributed by atoms with van der Waals surface area (Å²) in [6.45, 7) is 8.67. The molecule has 0 fully saturated rings. The zero-order valence-corrected chi connectivity index (χ0v) is 21.1. The zero-order valence-electron chi connectivity index (χ0n) is 20.3. The highest BCUT2D eigenvalue weighted by Crippen LogP contribution is 2.33. The lowest BCUT2D eigenvalue weighted by molar-refractivity contribution is -0.141. The van der Waals surface area contributed by atoms with Crippen molar-refractivity contribution in [3.63, 3.8) is 0 Å². The molecule has 0 bridgehead atoms. The molecular weight excluding hydrogens is 469 g/mol. The van der Waals surface area contributed by atoms with Gasteiger partial charge in [0.15, 0.2) is 12.0 Å². The highest BCUT2D eigenvalue weighted by atomic mass is 35.5. The van der Waals surface area contributed by atoms with Gasteiger partial charge >= 0.3 is 6.18 Å². The molecule has 0 aliphatic heterocycles. The fourth-order valence-electron chi connectivity index (χ4n) is 2.06. The molecule has 2 aromatic rings. The number of halogens is 4. The molecule has 10 heteroatoms. The van der Waals surface area contributed by atoms with Crippen molar-refractivity contribution in [2.45, 2.75) is 32.9 Å². The van der Waals surface area contributed by atoms with E-state index in [-0.39, 0.29) is 23.2 Å².